The van der Waals surface area contributed by atoms with Crippen LogP contribution >= 0.6 is 0 Å². The van der Waals surface area contributed by atoms with Crippen molar-refractivity contribution in [3.63, 3.8) is 0 Å². The number of aryl methyl sites for hydroxylation is 1. The van der Waals surface area contributed by atoms with Crippen LogP contribution < -0.4 is 108 Å². The monoisotopic (exact) mass is 668 g/mol. The van der Waals surface area contributed by atoms with Crippen molar-refractivity contribution < 1.29 is 158 Å². The van der Waals surface area contributed by atoms with Crippen LogP contribution in [0.4, 0.5) is 0 Å². The summed E-state index contributed by atoms with van der Waals surface area (Å²) in [6.45, 7) is 2.45. The van der Waals surface area contributed by atoms with Crippen molar-refractivity contribution in [2.45, 2.75) is 33.2 Å². The fourth-order valence-corrected chi connectivity index (χ4v) is 4.23. The van der Waals surface area contributed by atoms with Gasteiger partial charge in [0.2, 0.25) is 0 Å². The fourth-order valence-electron chi connectivity index (χ4n) is 3.25. The van der Waals surface area contributed by atoms with E-state index in [2.05, 4.69) is 10.2 Å². The number of hydrogen-bond acceptors (Lipinski definition) is 13. The smallest absolute Gasteiger partial charge is 0.858 e. The van der Waals surface area contributed by atoms with E-state index in [0.717, 1.165) is 27.9 Å². The Balaban J connectivity index is 0.00000800. The Kier molecular flexibility index (Phi) is 18.3. The molecule has 1 amide bonds. The molecule has 1 aromatic heterocycles. The number of rotatable bonds is 14. The van der Waals surface area contributed by atoms with Crippen LogP contribution in [0.3, 0.4) is 0 Å². The van der Waals surface area contributed by atoms with E-state index in [1.807, 2.05) is 0 Å². The van der Waals surface area contributed by atoms with Gasteiger partial charge in [-0.1, -0.05) is 12.2 Å². The van der Waals surface area contributed by atoms with E-state index in [-0.39, 0.29) is 159 Å². The van der Waals surface area contributed by atoms with Crippen molar-refractivity contribution in [1.29, 1.82) is 0 Å². The van der Waals surface area contributed by atoms with Gasteiger partial charge >= 0.3 is 115 Å². The van der Waals surface area contributed by atoms with E-state index < -0.39 is 61.2 Å². The van der Waals surface area contributed by atoms with Crippen molar-refractivity contribution in [3.05, 3.63) is 29.0 Å². The van der Waals surface area contributed by atoms with Gasteiger partial charge in [0.15, 0.2) is 11.4 Å². The van der Waals surface area contributed by atoms with Crippen LogP contribution in [0.2, 0.25) is 0 Å². The van der Waals surface area contributed by atoms with Crippen LogP contribution in [0, 0.1) is 0 Å². The van der Waals surface area contributed by atoms with Crippen LogP contribution in [-0.4, -0.2) is 95.6 Å². The van der Waals surface area contributed by atoms with Gasteiger partial charge in [0.05, 0.1) is 34.7 Å². The van der Waals surface area contributed by atoms with Gasteiger partial charge in [-0.3, -0.25) is 14.0 Å². The molecule has 0 unspecified atom stereocenters. The number of hydrogen-bond donors (Lipinski definition) is 1. The molecule has 0 bridgehead atoms. The molecule has 216 valence electrons. The Hall–Kier alpha value is -0.337. The number of aromatic nitrogens is 2. The van der Waals surface area contributed by atoms with Crippen LogP contribution in [0.25, 0.3) is 6.08 Å². The number of amides is 1. The minimum atomic E-state index is -4.53. The summed E-state index contributed by atoms with van der Waals surface area (Å²) in [6, 6.07) is 0. The number of allylic oxidation sites excluding steroid dienone is 2. The van der Waals surface area contributed by atoms with Gasteiger partial charge in [-0.2, -0.15) is 18.6 Å². The number of nitrogens with zero attached hydrogens (tertiary/aromatic N) is 4. The summed E-state index contributed by atoms with van der Waals surface area (Å²) >= 11 is 0. The molecule has 2 rings (SSSR count). The summed E-state index contributed by atoms with van der Waals surface area (Å²) in [4.78, 5) is 37.5. The first-order valence-corrected chi connectivity index (χ1v) is 14.7. The molecule has 2 heterocycles. The molecule has 0 saturated carbocycles. The Labute approximate surface area is 321 Å². The first-order valence-electron chi connectivity index (χ1n) is 11.5. The predicted molar refractivity (Wildman–Crippen MR) is 131 cm³/mol. The summed E-state index contributed by atoms with van der Waals surface area (Å²) in [5.74, 6) is -4.89. The third-order valence-electron chi connectivity index (χ3n) is 4.88. The second-order valence-electron chi connectivity index (χ2n) is 7.80. The van der Waals surface area contributed by atoms with E-state index in [4.69, 9.17) is 14.0 Å². The van der Waals surface area contributed by atoms with Gasteiger partial charge in [0, 0.05) is 24.4 Å². The van der Waals surface area contributed by atoms with E-state index in [1.54, 1.807) is 0 Å². The van der Waals surface area contributed by atoms with Crippen molar-refractivity contribution in [2.24, 2.45) is 5.10 Å². The Morgan fingerprint density at radius 3 is 2.15 bits per heavy atom. The fraction of sp³-hybridized carbons (Fsp3) is 0.476. The topological polar surface area (TPSA) is 238 Å². The standard InChI is InChI=1S/C21H28N4O12S2.2K/c1-3-36-20(28)16-14(18(26)24(22-16)10-6-12-38(30,31)32)8-5-9-15-17(21(29)37-4-2)23-25(19(15)27)11-7-13-39(33,34)35;;/h5,8-9,26H,3-4,6-7,10-13H2,1-2H3,(H,30,31,32)(H,33,34,35);;/q;2*+1/p-2/b8-5+,15-9-;;. The van der Waals surface area contributed by atoms with Gasteiger partial charge in [-0.05, 0) is 38.6 Å². The zero-order valence-electron chi connectivity index (χ0n) is 22.9. The van der Waals surface area contributed by atoms with Crippen molar-refractivity contribution in [2.75, 3.05) is 31.3 Å². The second kappa shape index (κ2) is 18.5. The maximum Gasteiger partial charge on any atom is 1.00 e. The van der Waals surface area contributed by atoms with Crippen LogP contribution in [0.1, 0.15) is 42.7 Å². The zero-order chi connectivity index (χ0) is 29.4. The number of esters is 2. The summed E-state index contributed by atoms with van der Waals surface area (Å²) < 4.78 is 73.9. The molecule has 0 spiro atoms. The van der Waals surface area contributed by atoms with Gasteiger partial charge in [0.1, 0.15) is 0 Å². The summed E-state index contributed by atoms with van der Waals surface area (Å²) in [6.07, 6.45) is 2.99. The predicted octanol–water partition coefficient (Wildman–Crippen LogP) is -6.94. The molecule has 0 aromatic carbocycles. The van der Waals surface area contributed by atoms with Crippen LogP contribution in [0.5, 0.6) is 5.88 Å². The second-order valence-corrected chi connectivity index (χ2v) is 10.9. The van der Waals surface area contributed by atoms with Gasteiger partial charge in [0.25, 0.3) is 16.0 Å². The number of ether oxygens (including phenoxy) is 2. The molecule has 0 saturated heterocycles. The molecule has 1 N–H and O–H groups in total. The van der Waals surface area contributed by atoms with E-state index in [0.29, 0.717) is 0 Å². The van der Waals surface area contributed by atoms with Gasteiger partial charge in [-0.25, -0.2) is 23.0 Å². The average molecular weight is 669 g/mol. The number of carbonyl (C=O) groups excluding carboxylic acids is 3. The first kappa shape index (κ1) is 40.7. The molecule has 0 atom stereocenters. The molecule has 1 aliphatic rings. The molecule has 20 heteroatoms. The quantitative estimate of drug-likeness (QED) is 0.0840. The summed E-state index contributed by atoms with van der Waals surface area (Å²) in [5, 5.41) is 21.4. The normalized spacial score (nSPS) is 14.5. The van der Waals surface area contributed by atoms with Gasteiger partial charge < -0.3 is 19.1 Å². The van der Waals surface area contributed by atoms with Crippen molar-refractivity contribution in [3.8, 4) is 5.88 Å². The summed E-state index contributed by atoms with van der Waals surface area (Å²) in [5.41, 5.74) is -1.30. The molecule has 0 fully saturated rings. The third kappa shape index (κ3) is 13.0. The van der Waals surface area contributed by atoms with Crippen LogP contribution in [-0.2, 0) is 45.8 Å². The maximum absolute atomic E-state index is 12.8. The minimum Gasteiger partial charge on any atom is -0.858 e. The maximum atomic E-state index is 12.8. The first-order chi connectivity index (χ1) is 18.2. The number of hydrazone groups is 1. The SMILES string of the molecule is CCOC(=O)C1=NN(CCCS(=O)(=O)O)C(=O)/C1=C\C=C\c1c(C(=O)OCC)nn(CCCS(=O)(=O)[O-])c1[O-].[K+].[K+]. The molecular formula is C21H26K2N4O12S2. The molecule has 0 aliphatic carbocycles. The minimum absolute atomic E-state index is 0. The summed E-state index contributed by atoms with van der Waals surface area (Å²) in [7, 11) is -8.82. The molecular weight excluding hydrogens is 643 g/mol. The Morgan fingerprint density at radius 1 is 1.00 bits per heavy atom. The van der Waals surface area contributed by atoms with Crippen LogP contribution in [0.15, 0.2) is 22.8 Å². The Bertz CT molecular complexity index is 1420. The molecule has 0 radical (unpaired) electrons. The third-order valence-corrected chi connectivity index (χ3v) is 6.47. The van der Waals surface area contributed by atoms with Crippen molar-refractivity contribution >= 4 is 49.9 Å². The van der Waals surface area contributed by atoms with E-state index in [9.17, 15) is 40.9 Å². The Morgan fingerprint density at radius 2 is 1.59 bits per heavy atom. The molecule has 41 heavy (non-hydrogen) atoms. The molecule has 1 aliphatic heterocycles. The largest absolute Gasteiger partial charge is 1.00 e. The molecule has 16 nitrogen and oxygen atoms in total. The van der Waals surface area contributed by atoms with Gasteiger partial charge in [-0.15, -0.1) is 0 Å². The zero-order valence-corrected chi connectivity index (χ0v) is 30.8. The molecule has 1 aromatic rings. The van der Waals surface area contributed by atoms with E-state index in [1.165, 1.54) is 13.8 Å². The van der Waals surface area contributed by atoms with E-state index >= 15 is 0 Å². The number of carbonyl (C=O) groups is 3. The van der Waals surface area contributed by atoms with Crippen molar-refractivity contribution in [1.82, 2.24) is 14.8 Å². The average Bonchev–Trinajstić information content (AvgIpc) is 3.30.